The maximum atomic E-state index is 10.9. The summed E-state index contributed by atoms with van der Waals surface area (Å²) in [6, 6.07) is 9.20. The largest absolute Gasteiger partial charge is 0.494 e. The first kappa shape index (κ1) is 14.0. The molecular formula is C15H17NO4. The van der Waals surface area contributed by atoms with Gasteiger partial charge >= 0.3 is 5.97 Å². The van der Waals surface area contributed by atoms with Crippen LogP contribution in [0.5, 0.6) is 5.75 Å². The molecule has 0 atom stereocenters. The van der Waals surface area contributed by atoms with E-state index in [1.165, 1.54) is 6.26 Å². The van der Waals surface area contributed by atoms with Gasteiger partial charge in [-0.1, -0.05) is 6.92 Å². The highest BCUT2D eigenvalue weighted by atomic mass is 16.5. The predicted molar refractivity (Wildman–Crippen MR) is 75.2 cm³/mol. The van der Waals surface area contributed by atoms with Crippen LogP contribution in [0.3, 0.4) is 0 Å². The average molecular weight is 275 g/mol. The number of anilines is 1. The van der Waals surface area contributed by atoms with Crippen LogP contribution in [0.4, 0.5) is 5.69 Å². The molecule has 0 amide bonds. The molecule has 0 saturated carbocycles. The number of rotatable bonds is 7. The van der Waals surface area contributed by atoms with E-state index in [0.717, 1.165) is 17.9 Å². The number of nitrogens with one attached hydrogen (secondary N) is 1. The van der Waals surface area contributed by atoms with Crippen LogP contribution in [0.1, 0.15) is 29.5 Å². The molecule has 2 rings (SSSR count). The molecule has 5 nitrogen and oxygen atoms in total. The number of hydrogen-bond acceptors (Lipinski definition) is 4. The van der Waals surface area contributed by atoms with Crippen molar-refractivity contribution in [2.75, 3.05) is 11.9 Å². The van der Waals surface area contributed by atoms with Crippen molar-refractivity contribution in [1.82, 2.24) is 0 Å². The second kappa shape index (κ2) is 6.65. The predicted octanol–water partition coefficient (Wildman–Crippen LogP) is 3.38. The van der Waals surface area contributed by atoms with Gasteiger partial charge < -0.3 is 19.6 Å². The number of furan rings is 1. The molecule has 0 aliphatic carbocycles. The summed E-state index contributed by atoms with van der Waals surface area (Å²) in [6.45, 7) is 3.15. The summed E-state index contributed by atoms with van der Waals surface area (Å²) in [5.41, 5.74) is 1.51. The lowest BCUT2D eigenvalue weighted by atomic mass is 10.2. The van der Waals surface area contributed by atoms with Crippen LogP contribution in [0.25, 0.3) is 0 Å². The molecule has 106 valence electrons. The summed E-state index contributed by atoms with van der Waals surface area (Å²) in [4.78, 5) is 10.9. The Morgan fingerprint density at radius 2 is 2.05 bits per heavy atom. The van der Waals surface area contributed by atoms with Gasteiger partial charge in [0, 0.05) is 17.8 Å². The Bertz CT molecular complexity index is 560. The molecule has 0 spiro atoms. The zero-order valence-corrected chi connectivity index (χ0v) is 11.3. The van der Waals surface area contributed by atoms with Gasteiger partial charge in [0.1, 0.15) is 5.75 Å². The molecular weight excluding hydrogens is 258 g/mol. The molecule has 2 N–H and O–H groups in total. The van der Waals surface area contributed by atoms with Crippen molar-refractivity contribution in [1.29, 1.82) is 0 Å². The van der Waals surface area contributed by atoms with E-state index in [-0.39, 0.29) is 5.76 Å². The van der Waals surface area contributed by atoms with E-state index in [1.807, 2.05) is 24.3 Å². The highest BCUT2D eigenvalue weighted by molar-refractivity contribution is 5.86. The first-order valence-electron chi connectivity index (χ1n) is 6.47. The van der Waals surface area contributed by atoms with Crippen LogP contribution in [0, 0.1) is 0 Å². The Morgan fingerprint density at radius 3 is 2.70 bits per heavy atom. The minimum Gasteiger partial charge on any atom is -0.494 e. The fourth-order valence-electron chi connectivity index (χ4n) is 1.75. The molecule has 0 saturated heterocycles. The van der Waals surface area contributed by atoms with Gasteiger partial charge in [0.25, 0.3) is 0 Å². The van der Waals surface area contributed by atoms with Crippen LogP contribution in [-0.4, -0.2) is 17.7 Å². The van der Waals surface area contributed by atoms with Crippen molar-refractivity contribution in [2.24, 2.45) is 0 Å². The molecule has 0 aliphatic heterocycles. The summed E-state index contributed by atoms with van der Waals surface area (Å²) in [7, 11) is 0. The Labute approximate surface area is 117 Å². The summed E-state index contributed by atoms with van der Waals surface area (Å²) in [5.74, 6) is -0.262. The highest BCUT2D eigenvalue weighted by Gasteiger charge is 2.13. The Hall–Kier alpha value is -2.43. The zero-order valence-electron chi connectivity index (χ0n) is 11.3. The van der Waals surface area contributed by atoms with Gasteiger partial charge in [0.15, 0.2) is 0 Å². The van der Waals surface area contributed by atoms with Gasteiger partial charge in [-0.25, -0.2) is 4.79 Å². The lowest BCUT2D eigenvalue weighted by Crippen LogP contribution is -2.04. The second-order valence-electron chi connectivity index (χ2n) is 4.31. The molecule has 2 aromatic rings. The van der Waals surface area contributed by atoms with Gasteiger partial charge in [-0.05, 0) is 36.8 Å². The highest BCUT2D eigenvalue weighted by Crippen LogP contribution is 2.18. The van der Waals surface area contributed by atoms with Crippen molar-refractivity contribution in [3.63, 3.8) is 0 Å². The number of aromatic carboxylic acids is 1. The monoisotopic (exact) mass is 275 g/mol. The fraction of sp³-hybridized carbons (Fsp3) is 0.267. The Balaban J connectivity index is 1.93. The summed E-state index contributed by atoms with van der Waals surface area (Å²) < 4.78 is 10.4. The third-order valence-electron chi connectivity index (χ3n) is 2.75. The molecule has 0 bridgehead atoms. The molecule has 1 heterocycles. The number of carbonyl (C=O) groups is 1. The van der Waals surface area contributed by atoms with E-state index < -0.39 is 5.97 Å². The van der Waals surface area contributed by atoms with E-state index in [1.54, 1.807) is 6.07 Å². The molecule has 1 aromatic carbocycles. The summed E-state index contributed by atoms with van der Waals surface area (Å²) in [5, 5.41) is 12.1. The third kappa shape index (κ3) is 3.54. The van der Waals surface area contributed by atoms with Crippen LogP contribution in [0.15, 0.2) is 41.0 Å². The molecule has 0 radical (unpaired) electrons. The average Bonchev–Trinajstić information content (AvgIpc) is 2.92. The van der Waals surface area contributed by atoms with Crippen LogP contribution in [-0.2, 0) is 6.54 Å². The van der Waals surface area contributed by atoms with E-state index in [9.17, 15) is 4.79 Å². The van der Waals surface area contributed by atoms with E-state index in [4.69, 9.17) is 14.3 Å². The molecule has 0 fully saturated rings. The van der Waals surface area contributed by atoms with Gasteiger partial charge in [-0.3, -0.25) is 0 Å². The topological polar surface area (TPSA) is 71.7 Å². The van der Waals surface area contributed by atoms with Gasteiger partial charge in [0.05, 0.1) is 12.9 Å². The zero-order chi connectivity index (χ0) is 14.4. The number of hydrogen-bond donors (Lipinski definition) is 2. The van der Waals surface area contributed by atoms with Crippen LogP contribution in [0.2, 0.25) is 0 Å². The van der Waals surface area contributed by atoms with Crippen molar-refractivity contribution >= 4 is 11.7 Å². The first-order valence-corrected chi connectivity index (χ1v) is 6.47. The van der Waals surface area contributed by atoms with E-state index in [0.29, 0.717) is 18.7 Å². The second-order valence-corrected chi connectivity index (χ2v) is 4.31. The maximum absolute atomic E-state index is 10.9. The smallest absolute Gasteiger partial charge is 0.372 e. The van der Waals surface area contributed by atoms with Crippen LogP contribution >= 0.6 is 0 Å². The third-order valence-corrected chi connectivity index (χ3v) is 2.75. The first-order chi connectivity index (χ1) is 9.70. The fourth-order valence-corrected chi connectivity index (χ4v) is 1.75. The minimum atomic E-state index is -1.06. The van der Waals surface area contributed by atoms with Crippen molar-refractivity contribution in [3.8, 4) is 5.75 Å². The summed E-state index contributed by atoms with van der Waals surface area (Å²) in [6.07, 6.45) is 2.35. The van der Waals surface area contributed by atoms with Gasteiger partial charge in [0.2, 0.25) is 5.76 Å². The number of benzene rings is 1. The molecule has 5 heteroatoms. The Morgan fingerprint density at radius 1 is 1.30 bits per heavy atom. The lowest BCUT2D eigenvalue weighted by Gasteiger charge is -2.08. The molecule has 1 aromatic heterocycles. The Kier molecular flexibility index (Phi) is 4.65. The van der Waals surface area contributed by atoms with E-state index in [2.05, 4.69) is 12.2 Å². The molecule has 0 unspecified atom stereocenters. The van der Waals surface area contributed by atoms with Crippen molar-refractivity contribution < 1.29 is 19.1 Å². The quantitative estimate of drug-likeness (QED) is 0.810. The molecule has 0 aliphatic rings. The summed E-state index contributed by atoms with van der Waals surface area (Å²) >= 11 is 0. The maximum Gasteiger partial charge on any atom is 0.372 e. The molecule has 20 heavy (non-hydrogen) atoms. The van der Waals surface area contributed by atoms with Gasteiger partial charge in [-0.2, -0.15) is 0 Å². The van der Waals surface area contributed by atoms with E-state index >= 15 is 0 Å². The lowest BCUT2D eigenvalue weighted by molar-refractivity contribution is 0.0661. The number of ether oxygens (including phenoxy) is 1. The number of carboxylic acid groups (broad SMARTS) is 1. The number of carboxylic acids is 1. The van der Waals surface area contributed by atoms with Crippen LogP contribution < -0.4 is 10.1 Å². The minimum absolute atomic E-state index is 0.0274. The van der Waals surface area contributed by atoms with Crippen molar-refractivity contribution in [2.45, 2.75) is 19.9 Å². The van der Waals surface area contributed by atoms with Gasteiger partial charge in [-0.15, -0.1) is 0 Å². The SMILES string of the molecule is CCCOc1ccc(NCc2ccoc2C(=O)O)cc1. The standard InChI is InChI=1S/C15H17NO4/c1-2-8-19-13-5-3-12(4-6-13)16-10-11-7-9-20-14(11)15(17)18/h3-7,9,16H,2,8,10H2,1H3,(H,17,18). The normalized spacial score (nSPS) is 10.2. The van der Waals surface area contributed by atoms with Crippen molar-refractivity contribution in [3.05, 3.63) is 47.9 Å².